The molecule has 0 bridgehead atoms. The number of aliphatic imine (C=N–C) groups is 1. The summed E-state index contributed by atoms with van der Waals surface area (Å²) in [5.74, 6) is 0.397. The topological polar surface area (TPSA) is 74.2 Å². The Morgan fingerprint density at radius 3 is 2.74 bits per heavy atom. The van der Waals surface area contributed by atoms with Crippen LogP contribution >= 0.6 is 0 Å². The van der Waals surface area contributed by atoms with E-state index in [0.717, 1.165) is 32.5 Å². The van der Waals surface area contributed by atoms with Gasteiger partial charge >= 0.3 is 0 Å². The summed E-state index contributed by atoms with van der Waals surface area (Å²) in [6.45, 7) is 10.3. The SMILES string of the molecule is CCN(CC)CCNC(=O)[C@@H]1CCCN1C(=O)[C@@H]1COC(C)=N1. The molecule has 2 heterocycles. The predicted octanol–water partition coefficient (Wildman–Crippen LogP) is 0.253. The summed E-state index contributed by atoms with van der Waals surface area (Å²) in [5, 5.41) is 2.97. The predicted molar refractivity (Wildman–Crippen MR) is 88.4 cm³/mol. The molecule has 0 aliphatic carbocycles. The van der Waals surface area contributed by atoms with Crippen LogP contribution in [0.4, 0.5) is 0 Å². The van der Waals surface area contributed by atoms with E-state index in [2.05, 4.69) is 29.1 Å². The molecule has 7 heteroatoms. The zero-order valence-corrected chi connectivity index (χ0v) is 14.4. The molecule has 2 amide bonds. The van der Waals surface area contributed by atoms with Crippen LogP contribution in [-0.2, 0) is 14.3 Å². The fourth-order valence-corrected chi connectivity index (χ4v) is 3.11. The fourth-order valence-electron chi connectivity index (χ4n) is 3.11. The molecule has 23 heavy (non-hydrogen) atoms. The molecule has 0 unspecified atom stereocenters. The van der Waals surface area contributed by atoms with Crippen LogP contribution in [0.25, 0.3) is 0 Å². The van der Waals surface area contributed by atoms with Gasteiger partial charge in [0.2, 0.25) is 5.91 Å². The van der Waals surface area contributed by atoms with Crippen molar-refractivity contribution in [2.24, 2.45) is 4.99 Å². The normalized spacial score (nSPS) is 23.8. The van der Waals surface area contributed by atoms with Crippen molar-refractivity contribution in [3.63, 3.8) is 0 Å². The van der Waals surface area contributed by atoms with E-state index in [1.54, 1.807) is 11.8 Å². The average Bonchev–Trinajstić information content (AvgIpc) is 3.19. The highest BCUT2D eigenvalue weighted by Gasteiger charge is 2.38. The van der Waals surface area contributed by atoms with Crippen molar-refractivity contribution in [1.82, 2.24) is 15.1 Å². The van der Waals surface area contributed by atoms with E-state index < -0.39 is 6.04 Å². The van der Waals surface area contributed by atoms with E-state index in [-0.39, 0.29) is 24.5 Å². The number of amides is 2. The van der Waals surface area contributed by atoms with Gasteiger partial charge in [0.05, 0.1) is 0 Å². The summed E-state index contributed by atoms with van der Waals surface area (Å²) in [7, 11) is 0. The molecule has 7 nitrogen and oxygen atoms in total. The molecule has 2 aliphatic rings. The van der Waals surface area contributed by atoms with E-state index in [1.807, 2.05) is 0 Å². The number of nitrogens with one attached hydrogen (secondary N) is 1. The Hall–Kier alpha value is -1.63. The molecule has 0 saturated carbocycles. The molecule has 2 rings (SSSR count). The molecular weight excluding hydrogens is 296 g/mol. The van der Waals surface area contributed by atoms with Crippen LogP contribution in [0.1, 0.15) is 33.6 Å². The number of hydrogen-bond acceptors (Lipinski definition) is 5. The summed E-state index contributed by atoms with van der Waals surface area (Å²) in [5.41, 5.74) is 0. The summed E-state index contributed by atoms with van der Waals surface area (Å²) >= 11 is 0. The third kappa shape index (κ3) is 4.43. The Balaban J connectivity index is 1.85. The summed E-state index contributed by atoms with van der Waals surface area (Å²) in [6.07, 6.45) is 1.58. The van der Waals surface area contributed by atoms with Crippen molar-refractivity contribution in [2.75, 3.05) is 39.3 Å². The lowest BCUT2D eigenvalue weighted by Crippen LogP contribution is -2.50. The van der Waals surface area contributed by atoms with E-state index in [9.17, 15) is 9.59 Å². The van der Waals surface area contributed by atoms with Crippen LogP contribution < -0.4 is 5.32 Å². The van der Waals surface area contributed by atoms with Gasteiger partial charge in [-0.25, -0.2) is 4.99 Å². The molecule has 1 saturated heterocycles. The highest BCUT2D eigenvalue weighted by atomic mass is 16.5. The Morgan fingerprint density at radius 2 is 2.13 bits per heavy atom. The van der Waals surface area contributed by atoms with Crippen LogP contribution in [0.2, 0.25) is 0 Å². The van der Waals surface area contributed by atoms with E-state index in [0.29, 0.717) is 19.0 Å². The molecule has 0 spiro atoms. The second-order valence-corrected chi connectivity index (χ2v) is 5.98. The zero-order valence-electron chi connectivity index (χ0n) is 14.4. The fraction of sp³-hybridized carbons (Fsp3) is 0.812. The van der Waals surface area contributed by atoms with Crippen molar-refractivity contribution >= 4 is 17.7 Å². The monoisotopic (exact) mass is 324 g/mol. The number of rotatable bonds is 7. The summed E-state index contributed by atoms with van der Waals surface area (Å²) in [6, 6.07) is -0.852. The first-order chi connectivity index (χ1) is 11.1. The standard InChI is InChI=1S/C16H28N4O3/c1-4-19(5-2)10-8-17-15(21)14-7-6-9-20(14)16(22)13-11-23-12(3)18-13/h13-14H,4-11H2,1-3H3,(H,17,21)/t13-,14-/m0/s1. The van der Waals surface area contributed by atoms with Crippen molar-refractivity contribution in [3.05, 3.63) is 0 Å². The van der Waals surface area contributed by atoms with E-state index in [1.165, 1.54) is 0 Å². The van der Waals surface area contributed by atoms with Crippen LogP contribution in [0, 0.1) is 0 Å². The van der Waals surface area contributed by atoms with Gasteiger partial charge in [-0.3, -0.25) is 9.59 Å². The smallest absolute Gasteiger partial charge is 0.251 e. The van der Waals surface area contributed by atoms with Crippen molar-refractivity contribution in [3.8, 4) is 0 Å². The summed E-state index contributed by atoms with van der Waals surface area (Å²) in [4.78, 5) is 33.1. The lowest BCUT2D eigenvalue weighted by molar-refractivity contribution is -0.139. The minimum Gasteiger partial charge on any atom is -0.478 e. The molecule has 0 aromatic heterocycles. The lowest BCUT2D eigenvalue weighted by Gasteiger charge is -2.26. The maximum absolute atomic E-state index is 12.5. The highest BCUT2D eigenvalue weighted by molar-refractivity contribution is 5.92. The van der Waals surface area contributed by atoms with Gasteiger partial charge in [-0.1, -0.05) is 13.8 Å². The quantitative estimate of drug-likeness (QED) is 0.729. The number of carbonyl (C=O) groups excluding carboxylic acids is 2. The maximum Gasteiger partial charge on any atom is 0.251 e. The van der Waals surface area contributed by atoms with Gasteiger partial charge in [0.15, 0.2) is 11.9 Å². The second-order valence-electron chi connectivity index (χ2n) is 5.98. The highest BCUT2D eigenvalue weighted by Crippen LogP contribution is 2.20. The van der Waals surface area contributed by atoms with E-state index in [4.69, 9.17) is 4.74 Å². The lowest BCUT2D eigenvalue weighted by atomic mass is 10.2. The first-order valence-corrected chi connectivity index (χ1v) is 8.54. The molecule has 0 aromatic rings. The van der Waals surface area contributed by atoms with Gasteiger partial charge in [0.1, 0.15) is 12.6 Å². The molecule has 2 aliphatic heterocycles. The van der Waals surface area contributed by atoms with Crippen LogP contribution in [0.15, 0.2) is 4.99 Å². The largest absolute Gasteiger partial charge is 0.478 e. The van der Waals surface area contributed by atoms with Gasteiger partial charge in [-0.05, 0) is 25.9 Å². The minimum atomic E-state index is -0.487. The third-order valence-corrected chi connectivity index (χ3v) is 4.53. The Bertz CT molecular complexity index is 462. The first-order valence-electron chi connectivity index (χ1n) is 8.54. The Labute approximate surface area is 138 Å². The van der Waals surface area contributed by atoms with E-state index >= 15 is 0 Å². The summed E-state index contributed by atoms with van der Waals surface area (Å²) < 4.78 is 5.25. The van der Waals surface area contributed by atoms with Gasteiger partial charge in [0, 0.05) is 26.6 Å². The Morgan fingerprint density at radius 1 is 1.39 bits per heavy atom. The van der Waals surface area contributed by atoms with Crippen LogP contribution in [-0.4, -0.2) is 78.9 Å². The number of likely N-dealkylation sites (tertiary alicyclic amines) is 1. The second kappa shape index (κ2) is 8.29. The molecule has 0 aromatic carbocycles. The van der Waals surface area contributed by atoms with Gasteiger partial charge in [0.25, 0.3) is 5.91 Å². The van der Waals surface area contributed by atoms with Crippen molar-refractivity contribution in [2.45, 2.75) is 45.7 Å². The molecule has 1 fully saturated rings. The average molecular weight is 324 g/mol. The van der Waals surface area contributed by atoms with Gasteiger partial charge in [-0.2, -0.15) is 0 Å². The number of hydrogen-bond donors (Lipinski definition) is 1. The Kier molecular flexibility index (Phi) is 6.38. The molecular formula is C16H28N4O3. The molecule has 1 N–H and O–H groups in total. The maximum atomic E-state index is 12.5. The number of ether oxygens (including phenoxy) is 1. The molecule has 0 radical (unpaired) electrons. The molecule has 130 valence electrons. The number of likely N-dealkylation sites (N-methyl/N-ethyl adjacent to an activating group) is 1. The van der Waals surface area contributed by atoms with Gasteiger partial charge in [-0.15, -0.1) is 0 Å². The van der Waals surface area contributed by atoms with Crippen molar-refractivity contribution < 1.29 is 14.3 Å². The number of nitrogens with zero attached hydrogens (tertiary/aromatic N) is 3. The van der Waals surface area contributed by atoms with Crippen molar-refractivity contribution in [1.29, 1.82) is 0 Å². The third-order valence-electron chi connectivity index (χ3n) is 4.53. The van der Waals surface area contributed by atoms with Crippen LogP contribution in [0.3, 0.4) is 0 Å². The van der Waals surface area contributed by atoms with Crippen LogP contribution in [0.5, 0.6) is 0 Å². The minimum absolute atomic E-state index is 0.0531. The zero-order chi connectivity index (χ0) is 16.8. The van der Waals surface area contributed by atoms with Gasteiger partial charge < -0.3 is 19.9 Å². The first kappa shape index (κ1) is 17.7. The number of carbonyl (C=O) groups is 2. The molecule has 2 atom stereocenters.